The fourth-order valence-corrected chi connectivity index (χ4v) is 2.64. The Hall–Kier alpha value is -1.22. The molecule has 0 spiro atoms. The summed E-state index contributed by atoms with van der Waals surface area (Å²) in [5, 5.41) is 3.61. The van der Waals surface area contributed by atoms with Crippen molar-refractivity contribution in [2.75, 3.05) is 13.2 Å². The van der Waals surface area contributed by atoms with E-state index in [0.29, 0.717) is 12.6 Å². The zero-order valence-electron chi connectivity index (χ0n) is 12.2. The number of nitrogens with one attached hydrogen (secondary N) is 1. The molecule has 2 rings (SSSR count). The summed E-state index contributed by atoms with van der Waals surface area (Å²) < 4.78 is 11.8. The van der Waals surface area contributed by atoms with Gasteiger partial charge in [-0.25, -0.2) is 0 Å². The van der Waals surface area contributed by atoms with Crippen LogP contribution in [-0.2, 0) is 0 Å². The van der Waals surface area contributed by atoms with Crippen LogP contribution < -0.4 is 14.8 Å². The first-order valence-electron chi connectivity index (χ1n) is 7.47. The highest BCUT2D eigenvalue weighted by atomic mass is 16.5. The first kappa shape index (κ1) is 14.2. The van der Waals surface area contributed by atoms with Crippen molar-refractivity contribution in [1.82, 2.24) is 5.32 Å². The van der Waals surface area contributed by atoms with Crippen molar-refractivity contribution in [2.45, 2.75) is 52.2 Å². The molecule has 0 amide bonds. The summed E-state index contributed by atoms with van der Waals surface area (Å²) in [5.41, 5.74) is 1.25. The van der Waals surface area contributed by atoms with E-state index < -0.39 is 0 Å². The van der Waals surface area contributed by atoms with Crippen LogP contribution in [0.25, 0.3) is 0 Å². The molecule has 0 bridgehead atoms. The normalized spacial score (nSPS) is 21.0. The maximum atomic E-state index is 6.15. The van der Waals surface area contributed by atoms with Crippen molar-refractivity contribution in [3.8, 4) is 11.5 Å². The van der Waals surface area contributed by atoms with E-state index in [0.717, 1.165) is 37.3 Å². The fourth-order valence-electron chi connectivity index (χ4n) is 2.64. The molecule has 0 saturated heterocycles. The molecule has 1 aliphatic rings. The highest BCUT2D eigenvalue weighted by Crippen LogP contribution is 2.44. The van der Waals surface area contributed by atoms with Crippen molar-refractivity contribution >= 4 is 0 Å². The maximum absolute atomic E-state index is 6.15. The van der Waals surface area contributed by atoms with Gasteiger partial charge in [-0.3, -0.25) is 0 Å². The number of hydrogen-bond acceptors (Lipinski definition) is 3. The summed E-state index contributed by atoms with van der Waals surface area (Å²) in [5.74, 6) is 1.82. The summed E-state index contributed by atoms with van der Waals surface area (Å²) >= 11 is 0. The Balaban J connectivity index is 2.24. The third-order valence-electron chi connectivity index (χ3n) is 3.47. The molecular weight excluding hydrogens is 238 g/mol. The van der Waals surface area contributed by atoms with Gasteiger partial charge in [0.2, 0.25) is 0 Å². The predicted molar refractivity (Wildman–Crippen MR) is 78.0 cm³/mol. The lowest BCUT2D eigenvalue weighted by atomic mass is 10.0. The van der Waals surface area contributed by atoms with Crippen LogP contribution in [-0.4, -0.2) is 19.3 Å². The van der Waals surface area contributed by atoms with Gasteiger partial charge in [0.1, 0.15) is 6.10 Å². The van der Waals surface area contributed by atoms with Gasteiger partial charge in [0.05, 0.1) is 12.6 Å². The highest BCUT2D eigenvalue weighted by molar-refractivity contribution is 5.51. The molecule has 0 aromatic heterocycles. The van der Waals surface area contributed by atoms with Crippen molar-refractivity contribution < 1.29 is 9.47 Å². The van der Waals surface area contributed by atoms with Gasteiger partial charge in [0, 0.05) is 5.56 Å². The second-order valence-electron chi connectivity index (χ2n) is 4.98. The summed E-state index contributed by atoms with van der Waals surface area (Å²) in [4.78, 5) is 0. The highest BCUT2D eigenvalue weighted by Gasteiger charge is 2.35. The lowest BCUT2D eigenvalue weighted by Gasteiger charge is -2.19. The summed E-state index contributed by atoms with van der Waals surface area (Å²) in [7, 11) is 0. The van der Waals surface area contributed by atoms with Crippen molar-refractivity contribution in [3.63, 3.8) is 0 Å². The minimum atomic E-state index is 0.230. The Morgan fingerprint density at radius 1 is 1.21 bits per heavy atom. The molecule has 1 aromatic carbocycles. The molecule has 2 unspecified atom stereocenters. The molecule has 0 radical (unpaired) electrons. The number of para-hydroxylation sites is 1. The van der Waals surface area contributed by atoms with E-state index in [1.165, 1.54) is 5.56 Å². The SMILES string of the molecule is CCCNC1c2cccc(OCC)c2OC1CCC. The molecule has 2 atom stereocenters. The molecule has 106 valence electrons. The van der Waals surface area contributed by atoms with E-state index in [1.807, 2.05) is 13.0 Å². The van der Waals surface area contributed by atoms with E-state index in [9.17, 15) is 0 Å². The summed E-state index contributed by atoms with van der Waals surface area (Å²) in [6.45, 7) is 8.09. The quantitative estimate of drug-likeness (QED) is 0.814. The molecule has 1 heterocycles. The molecule has 0 fully saturated rings. The van der Waals surface area contributed by atoms with E-state index in [2.05, 4.69) is 31.3 Å². The van der Waals surface area contributed by atoms with Gasteiger partial charge in [0.15, 0.2) is 11.5 Å². The van der Waals surface area contributed by atoms with Gasteiger partial charge in [-0.1, -0.05) is 32.4 Å². The van der Waals surface area contributed by atoms with Crippen LogP contribution >= 0.6 is 0 Å². The van der Waals surface area contributed by atoms with Gasteiger partial charge in [-0.2, -0.15) is 0 Å². The Bertz CT molecular complexity index is 406. The Morgan fingerprint density at radius 2 is 2.05 bits per heavy atom. The molecule has 0 aliphatic carbocycles. The van der Waals surface area contributed by atoms with Crippen LogP contribution in [0.2, 0.25) is 0 Å². The minimum Gasteiger partial charge on any atom is -0.490 e. The number of hydrogen-bond donors (Lipinski definition) is 1. The Kier molecular flexibility index (Phi) is 5.08. The molecule has 1 N–H and O–H groups in total. The maximum Gasteiger partial charge on any atom is 0.166 e. The molecule has 1 aliphatic heterocycles. The second-order valence-corrected chi connectivity index (χ2v) is 4.98. The van der Waals surface area contributed by atoms with Gasteiger partial charge in [0.25, 0.3) is 0 Å². The number of fused-ring (bicyclic) bond motifs is 1. The minimum absolute atomic E-state index is 0.230. The summed E-state index contributed by atoms with van der Waals surface area (Å²) in [6.07, 6.45) is 3.57. The van der Waals surface area contributed by atoms with Crippen LogP contribution in [0.5, 0.6) is 11.5 Å². The zero-order valence-corrected chi connectivity index (χ0v) is 12.2. The topological polar surface area (TPSA) is 30.5 Å². The average molecular weight is 263 g/mol. The van der Waals surface area contributed by atoms with Crippen molar-refractivity contribution in [1.29, 1.82) is 0 Å². The van der Waals surface area contributed by atoms with Crippen LogP contribution in [0.4, 0.5) is 0 Å². The van der Waals surface area contributed by atoms with Gasteiger partial charge >= 0.3 is 0 Å². The third kappa shape index (κ3) is 3.03. The molecular formula is C16H25NO2. The summed E-state index contributed by atoms with van der Waals surface area (Å²) in [6, 6.07) is 6.51. The second kappa shape index (κ2) is 6.80. The van der Waals surface area contributed by atoms with Crippen molar-refractivity contribution in [2.24, 2.45) is 0 Å². The first-order chi connectivity index (χ1) is 9.31. The van der Waals surface area contributed by atoms with Gasteiger partial charge < -0.3 is 14.8 Å². The van der Waals surface area contributed by atoms with E-state index in [1.54, 1.807) is 0 Å². The fraction of sp³-hybridized carbons (Fsp3) is 0.625. The number of rotatable bonds is 7. The molecule has 3 nitrogen and oxygen atoms in total. The van der Waals surface area contributed by atoms with Crippen LogP contribution in [0.3, 0.4) is 0 Å². The predicted octanol–water partition coefficient (Wildman–Crippen LogP) is 3.69. The number of ether oxygens (including phenoxy) is 2. The van der Waals surface area contributed by atoms with Crippen LogP contribution in [0, 0.1) is 0 Å². The smallest absolute Gasteiger partial charge is 0.166 e. The average Bonchev–Trinajstić information content (AvgIpc) is 2.76. The Morgan fingerprint density at radius 3 is 2.74 bits per heavy atom. The lowest BCUT2D eigenvalue weighted by molar-refractivity contribution is 0.171. The molecule has 3 heteroatoms. The zero-order chi connectivity index (χ0) is 13.7. The van der Waals surface area contributed by atoms with E-state index in [4.69, 9.17) is 9.47 Å². The molecule has 1 aromatic rings. The standard InChI is InChI=1S/C16H25NO2/c1-4-8-13-15(17-11-5-2)12-9-7-10-14(18-6-3)16(12)19-13/h7,9-10,13,15,17H,4-6,8,11H2,1-3H3. The van der Waals surface area contributed by atoms with E-state index >= 15 is 0 Å². The van der Waals surface area contributed by atoms with Crippen LogP contribution in [0.15, 0.2) is 18.2 Å². The third-order valence-corrected chi connectivity index (χ3v) is 3.47. The monoisotopic (exact) mass is 263 g/mol. The lowest BCUT2D eigenvalue weighted by Crippen LogP contribution is -2.31. The Labute approximate surface area is 116 Å². The van der Waals surface area contributed by atoms with Gasteiger partial charge in [-0.15, -0.1) is 0 Å². The number of benzene rings is 1. The first-order valence-corrected chi connectivity index (χ1v) is 7.47. The molecule has 19 heavy (non-hydrogen) atoms. The molecule has 0 saturated carbocycles. The van der Waals surface area contributed by atoms with Gasteiger partial charge in [-0.05, 0) is 32.4 Å². The van der Waals surface area contributed by atoms with Crippen LogP contribution in [0.1, 0.15) is 51.6 Å². The largest absolute Gasteiger partial charge is 0.490 e. The van der Waals surface area contributed by atoms with Crippen molar-refractivity contribution in [3.05, 3.63) is 23.8 Å². The van der Waals surface area contributed by atoms with E-state index in [-0.39, 0.29) is 6.10 Å².